The zero-order valence-electron chi connectivity index (χ0n) is 17.5. The number of amides is 1. The van der Waals surface area contributed by atoms with Gasteiger partial charge in [0.25, 0.3) is 5.91 Å². The average Bonchev–Trinajstić information content (AvgIpc) is 3.31. The molecule has 3 aromatic rings. The van der Waals surface area contributed by atoms with E-state index in [1.54, 1.807) is 29.9 Å². The van der Waals surface area contributed by atoms with Crippen LogP contribution in [0.3, 0.4) is 0 Å². The summed E-state index contributed by atoms with van der Waals surface area (Å²) in [5.74, 6) is 1.02. The summed E-state index contributed by atoms with van der Waals surface area (Å²) in [7, 11) is 3.60. The van der Waals surface area contributed by atoms with Crippen molar-refractivity contribution in [2.24, 2.45) is 0 Å². The van der Waals surface area contributed by atoms with Crippen LogP contribution < -0.4 is 15.0 Å². The summed E-state index contributed by atoms with van der Waals surface area (Å²) >= 11 is 0. The molecule has 0 radical (unpaired) electrons. The molecule has 156 valence electrons. The van der Waals surface area contributed by atoms with E-state index < -0.39 is 0 Å². The van der Waals surface area contributed by atoms with E-state index >= 15 is 0 Å². The number of aromatic hydroxyl groups is 1. The van der Waals surface area contributed by atoms with Crippen molar-refractivity contribution in [2.45, 2.75) is 26.3 Å². The van der Waals surface area contributed by atoms with Crippen molar-refractivity contribution in [2.75, 3.05) is 25.6 Å². The fraction of sp³-hybridized carbons (Fsp3) is 0.318. The number of carbonyl (C=O) groups excluding carboxylic acids is 1. The predicted molar refractivity (Wildman–Crippen MR) is 115 cm³/mol. The van der Waals surface area contributed by atoms with E-state index in [1.165, 1.54) is 0 Å². The van der Waals surface area contributed by atoms with Gasteiger partial charge in [-0.05, 0) is 56.2 Å². The summed E-state index contributed by atoms with van der Waals surface area (Å²) in [5.41, 5.74) is 3.37. The highest BCUT2D eigenvalue weighted by atomic mass is 16.5. The van der Waals surface area contributed by atoms with Crippen LogP contribution in [-0.2, 0) is 6.42 Å². The van der Waals surface area contributed by atoms with Crippen LogP contribution in [0.15, 0.2) is 36.4 Å². The SMILES string of the molecule is COc1ccc(-n2c(C(=O)NC(C)C)nnc2-c2cc3c(cc2O)N(C)CC3)cc1. The van der Waals surface area contributed by atoms with E-state index in [0.717, 1.165) is 24.2 Å². The van der Waals surface area contributed by atoms with Crippen LogP contribution in [0.1, 0.15) is 30.0 Å². The molecule has 8 nitrogen and oxygen atoms in total. The van der Waals surface area contributed by atoms with Crippen molar-refractivity contribution in [3.63, 3.8) is 0 Å². The van der Waals surface area contributed by atoms with Crippen LogP contribution in [-0.4, -0.2) is 52.5 Å². The van der Waals surface area contributed by atoms with Crippen molar-refractivity contribution in [1.82, 2.24) is 20.1 Å². The Bertz CT molecular complexity index is 1090. The van der Waals surface area contributed by atoms with E-state index in [0.29, 0.717) is 22.8 Å². The average molecular weight is 407 g/mol. The van der Waals surface area contributed by atoms with Crippen LogP contribution >= 0.6 is 0 Å². The van der Waals surface area contributed by atoms with Gasteiger partial charge in [-0.1, -0.05) is 0 Å². The van der Waals surface area contributed by atoms with E-state index in [2.05, 4.69) is 20.4 Å². The van der Waals surface area contributed by atoms with Crippen molar-refractivity contribution >= 4 is 11.6 Å². The van der Waals surface area contributed by atoms with E-state index in [1.807, 2.05) is 39.1 Å². The minimum Gasteiger partial charge on any atom is -0.507 e. The third-order valence-corrected chi connectivity index (χ3v) is 5.18. The van der Waals surface area contributed by atoms with Gasteiger partial charge in [0, 0.05) is 37.1 Å². The molecule has 2 aromatic carbocycles. The monoisotopic (exact) mass is 407 g/mol. The predicted octanol–water partition coefficient (Wildman–Crippen LogP) is 2.78. The van der Waals surface area contributed by atoms with Gasteiger partial charge in [-0.15, -0.1) is 10.2 Å². The highest BCUT2D eigenvalue weighted by molar-refractivity contribution is 5.92. The second-order valence-electron chi connectivity index (χ2n) is 7.68. The molecule has 4 rings (SSSR count). The minimum atomic E-state index is -0.333. The van der Waals surface area contributed by atoms with Gasteiger partial charge in [0.1, 0.15) is 11.5 Å². The fourth-order valence-corrected chi connectivity index (χ4v) is 3.67. The fourth-order valence-electron chi connectivity index (χ4n) is 3.67. The third kappa shape index (κ3) is 3.45. The number of rotatable bonds is 5. The third-order valence-electron chi connectivity index (χ3n) is 5.18. The van der Waals surface area contributed by atoms with Crippen LogP contribution in [0.4, 0.5) is 5.69 Å². The molecule has 8 heteroatoms. The molecule has 1 aliphatic heterocycles. The number of methoxy groups -OCH3 is 1. The van der Waals surface area contributed by atoms with Crippen molar-refractivity contribution < 1.29 is 14.6 Å². The Labute approximate surface area is 175 Å². The lowest BCUT2D eigenvalue weighted by atomic mass is 10.1. The summed E-state index contributed by atoms with van der Waals surface area (Å²) in [5, 5.41) is 22.1. The highest BCUT2D eigenvalue weighted by Gasteiger charge is 2.26. The first-order chi connectivity index (χ1) is 14.4. The van der Waals surface area contributed by atoms with Gasteiger partial charge in [-0.3, -0.25) is 9.36 Å². The standard InChI is InChI=1S/C22H25N5O3/c1-13(2)23-22(29)21-25-24-20(27(21)15-5-7-16(30-4)8-6-15)17-11-14-9-10-26(3)18(14)12-19(17)28/h5-8,11-13,28H,9-10H2,1-4H3,(H,23,29). The first kappa shape index (κ1) is 19.8. The highest BCUT2D eigenvalue weighted by Crippen LogP contribution is 2.38. The number of ether oxygens (including phenoxy) is 1. The lowest BCUT2D eigenvalue weighted by Crippen LogP contribution is -2.32. The zero-order chi connectivity index (χ0) is 21.4. The Morgan fingerprint density at radius 1 is 1.20 bits per heavy atom. The maximum Gasteiger partial charge on any atom is 0.289 e. The van der Waals surface area contributed by atoms with E-state index in [-0.39, 0.29) is 23.5 Å². The molecule has 1 amide bonds. The number of phenolic OH excluding ortho intramolecular Hbond substituents is 1. The molecule has 1 aliphatic rings. The van der Waals surface area contributed by atoms with Gasteiger partial charge in [0.15, 0.2) is 5.82 Å². The van der Waals surface area contributed by atoms with E-state index in [4.69, 9.17) is 4.74 Å². The van der Waals surface area contributed by atoms with Gasteiger partial charge in [0.05, 0.1) is 12.7 Å². The van der Waals surface area contributed by atoms with Crippen LogP contribution in [0.25, 0.3) is 17.1 Å². The first-order valence-corrected chi connectivity index (χ1v) is 9.87. The van der Waals surface area contributed by atoms with Crippen molar-refractivity contribution in [3.05, 3.63) is 47.8 Å². The topological polar surface area (TPSA) is 92.5 Å². The molecule has 0 saturated heterocycles. The number of hydrogen-bond acceptors (Lipinski definition) is 6. The number of phenols is 1. The van der Waals surface area contributed by atoms with Crippen molar-refractivity contribution in [3.8, 4) is 28.6 Å². The Balaban J connectivity index is 1.88. The number of aromatic nitrogens is 3. The molecule has 0 spiro atoms. The molecule has 0 saturated carbocycles. The molecule has 0 unspecified atom stereocenters. The number of hydrogen-bond donors (Lipinski definition) is 2. The second kappa shape index (κ2) is 7.70. The molecular formula is C22H25N5O3. The largest absolute Gasteiger partial charge is 0.507 e. The molecule has 0 aliphatic carbocycles. The minimum absolute atomic E-state index is 0.0501. The van der Waals surface area contributed by atoms with Gasteiger partial charge in [-0.2, -0.15) is 0 Å². The number of nitrogens with one attached hydrogen (secondary N) is 1. The quantitative estimate of drug-likeness (QED) is 0.676. The lowest BCUT2D eigenvalue weighted by Gasteiger charge is -2.15. The maximum atomic E-state index is 12.8. The first-order valence-electron chi connectivity index (χ1n) is 9.87. The Hall–Kier alpha value is -3.55. The van der Waals surface area contributed by atoms with Crippen molar-refractivity contribution in [1.29, 1.82) is 0 Å². The zero-order valence-corrected chi connectivity index (χ0v) is 17.5. The normalized spacial score (nSPS) is 12.9. The van der Waals surface area contributed by atoms with Gasteiger partial charge in [-0.25, -0.2) is 0 Å². The molecule has 0 atom stereocenters. The number of benzene rings is 2. The smallest absolute Gasteiger partial charge is 0.289 e. The summed E-state index contributed by atoms with van der Waals surface area (Å²) in [6.45, 7) is 4.66. The van der Waals surface area contributed by atoms with Gasteiger partial charge >= 0.3 is 0 Å². The Morgan fingerprint density at radius 3 is 2.60 bits per heavy atom. The van der Waals surface area contributed by atoms with Crippen LogP contribution in [0.2, 0.25) is 0 Å². The molecular weight excluding hydrogens is 382 g/mol. The van der Waals surface area contributed by atoms with Crippen LogP contribution in [0.5, 0.6) is 11.5 Å². The Kier molecular flexibility index (Phi) is 5.07. The number of likely N-dealkylation sites (N-methyl/N-ethyl adjacent to an activating group) is 1. The molecule has 2 N–H and O–H groups in total. The summed E-state index contributed by atoms with van der Waals surface area (Å²) < 4.78 is 6.91. The number of anilines is 1. The number of carbonyl (C=O) groups is 1. The van der Waals surface area contributed by atoms with Gasteiger partial charge in [0.2, 0.25) is 5.82 Å². The summed E-state index contributed by atoms with van der Waals surface area (Å²) in [6.07, 6.45) is 0.885. The van der Waals surface area contributed by atoms with E-state index in [9.17, 15) is 9.90 Å². The second-order valence-corrected chi connectivity index (χ2v) is 7.68. The number of fused-ring (bicyclic) bond motifs is 1. The maximum absolute atomic E-state index is 12.8. The van der Waals surface area contributed by atoms with Crippen LogP contribution in [0, 0.1) is 0 Å². The molecule has 0 bridgehead atoms. The number of nitrogens with zero attached hydrogens (tertiary/aromatic N) is 4. The lowest BCUT2D eigenvalue weighted by molar-refractivity contribution is 0.0930. The summed E-state index contributed by atoms with van der Waals surface area (Å²) in [6, 6.07) is 10.9. The summed E-state index contributed by atoms with van der Waals surface area (Å²) in [4.78, 5) is 14.9. The molecule has 0 fully saturated rings. The molecule has 1 aromatic heterocycles. The van der Waals surface area contributed by atoms with Gasteiger partial charge < -0.3 is 20.1 Å². The molecule has 30 heavy (non-hydrogen) atoms. The molecule has 2 heterocycles. The Morgan fingerprint density at radius 2 is 1.93 bits per heavy atom.